The highest BCUT2D eigenvalue weighted by atomic mass is 19.1. The summed E-state index contributed by atoms with van der Waals surface area (Å²) in [6, 6.07) is 2.09. The lowest BCUT2D eigenvalue weighted by Gasteiger charge is -2.32. The third-order valence-corrected chi connectivity index (χ3v) is 3.86. The van der Waals surface area contributed by atoms with E-state index in [-0.39, 0.29) is 11.7 Å². The number of benzene rings is 1. The number of nitrogen functional groups attached to an aromatic ring is 1. The largest absolute Gasteiger partial charge is 0.396 e. The molecule has 0 aromatic heterocycles. The van der Waals surface area contributed by atoms with Crippen molar-refractivity contribution in [3.63, 3.8) is 0 Å². The van der Waals surface area contributed by atoms with Crippen LogP contribution < -0.4 is 11.1 Å². The van der Waals surface area contributed by atoms with Gasteiger partial charge in [0, 0.05) is 6.04 Å². The van der Waals surface area contributed by atoms with Crippen molar-refractivity contribution in [2.45, 2.75) is 39.2 Å². The molecule has 1 amide bonds. The fourth-order valence-corrected chi connectivity index (χ4v) is 3.10. The van der Waals surface area contributed by atoms with Crippen molar-refractivity contribution in [2.75, 3.05) is 5.73 Å². The summed E-state index contributed by atoms with van der Waals surface area (Å²) in [5.41, 5.74) is 4.58. The molecule has 0 heterocycles. The Labute approximate surface area is 117 Å². The molecule has 3 N–H and O–H groups in total. The molecule has 1 aromatic rings. The highest BCUT2D eigenvalue weighted by Gasteiger charge is 2.27. The van der Waals surface area contributed by atoms with E-state index in [4.69, 9.17) is 5.73 Å². The predicted octanol–water partition coefficient (Wildman–Crippen LogP) is 3.10. The molecular weight excluding hydrogens is 262 g/mol. The molecule has 110 valence electrons. The number of anilines is 1. The molecule has 2 rings (SSSR count). The van der Waals surface area contributed by atoms with Crippen LogP contribution in [0, 0.1) is 23.5 Å². The number of nitrogens with two attached hydrogens (primary N) is 1. The molecule has 5 heteroatoms. The van der Waals surface area contributed by atoms with Crippen molar-refractivity contribution in [3.05, 3.63) is 29.3 Å². The monoisotopic (exact) mass is 282 g/mol. The fraction of sp³-hybridized carbons (Fsp3) is 0.533. The van der Waals surface area contributed by atoms with Crippen LogP contribution in [0.2, 0.25) is 0 Å². The maximum Gasteiger partial charge on any atom is 0.257 e. The zero-order valence-corrected chi connectivity index (χ0v) is 11.7. The minimum atomic E-state index is -0.987. The van der Waals surface area contributed by atoms with E-state index < -0.39 is 23.1 Å². The van der Waals surface area contributed by atoms with E-state index in [1.807, 2.05) is 0 Å². The quantitative estimate of drug-likeness (QED) is 0.819. The van der Waals surface area contributed by atoms with E-state index in [0.29, 0.717) is 11.8 Å². The maximum absolute atomic E-state index is 13.8. The second-order valence-electron chi connectivity index (χ2n) is 5.91. The normalized spacial score (nSPS) is 26.3. The molecule has 0 spiro atoms. The third-order valence-electron chi connectivity index (χ3n) is 3.86. The van der Waals surface area contributed by atoms with Crippen LogP contribution in [0.5, 0.6) is 0 Å². The topological polar surface area (TPSA) is 55.1 Å². The summed E-state index contributed by atoms with van der Waals surface area (Å²) in [5, 5.41) is 2.73. The van der Waals surface area contributed by atoms with Crippen LogP contribution in [0.15, 0.2) is 12.1 Å². The van der Waals surface area contributed by atoms with E-state index in [1.165, 1.54) is 0 Å². The first-order valence-electron chi connectivity index (χ1n) is 6.92. The Morgan fingerprint density at radius 1 is 1.20 bits per heavy atom. The summed E-state index contributed by atoms with van der Waals surface area (Å²) in [6.45, 7) is 4.24. The number of hydrogen-bond acceptors (Lipinski definition) is 2. The van der Waals surface area contributed by atoms with Gasteiger partial charge in [-0.05, 0) is 43.2 Å². The second kappa shape index (κ2) is 5.77. The van der Waals surface area contributed by atoms with Crippen LogP contribution in [-0.4, -0.2) is 11.9 Å². The standard InChI is InChI=1S/C15H20F2N2O/c1-8-5-9(2)7-10(6-8)19-15(20)13-11(16)3-4-12(18)14(13)17/h3-4,8-10H,5-7,18H2,1-2H3,(H,19,20). The first kappa shape index (κ1) is 14.8. The third kappa shape index (κ3) is 3.08. The number of carbonyl (C=O) groups excluding carboxylic acids is 1. The molecule has 2 unspecified atom stereocenters. The molecule has 1 aliphatic carbocycles. The Morgan fingerprint density at radius 2 is 1.80 bits per heavy atom. The van der Waals surface area contributed by atoms with Gasteiger partial charge in [-0.3, -0.25) is 4.79 Å². The van der Waals surface area contributed by atoms with Gasteiger partial charge in [-0.15, -0.1) is 0 Å². The molecular formula is C15H20F2N2O. The maximum atomic E-state index is 13.8. The number of carbonyl (C=O) groups is 1. The van der Waals surface area contributed by atoms with Gasteiger partial charge in [0.1, 0.15) is 11.4 Å². The average Bonchev–Trinajstić information content (AvgIpc) is 2.33. The number of hydrogen-bond donors (Lipinski definition) is 2. The Bertz CT molecular complexity index is 509. The number of halogens is 2. The molecule has 1 fully saturated rings. The van der Waals surface area contributed by atoms with Gasteiger partial charge in [-0.1, -0.05) is 13.8 Å². The van der Waals surface area contributed by atoms with Gasteiger partial charge in [0.15, 0.2) is 5.82 Å². The van der Waals surface area contributed by atoms with Crippen LogP contribution in [0.4, 0.5) is 14.5 Å². The molecule has 0 bridgehead atoms. The van der Waals surface area contributed by atoms with Crippen LogP contribution in [0.3, 0.4) is 0 Å². The van der Waals surface area contributed by atoms with E-state index in [1.54, 1.807) is 0 Å². The minimum absolute atomic E-state index is 0.0403. The SMILES string of the molecule is CC1CC(C)CC(NC(=O)c2c(F)ccc(N)c2F)C1. The lowest BCUT2D eigenvalue weighted by molar-refractivity contribution is 0.0903. The summed E-state index contributed by atoms with van der Waals surface area (Å²) >= 11 is 0. The second-order valence-corrected chi connectivity index (χ2v) is 5.91. The number of nitrogens with one attached hydrogen (secondary N) is 1. The van der Waals surface area contributed by atoms with Crippen molar-refractivity contribution in [1.82, 2.24) is 5.32 Å². The van der Waals surface area contributed by atoms with Crippen molar-refractivity contribution >= 4 is 11.6 Å². The van der Waals surface area contributed by atoms with Gasteiger partial charge in [0.05, 0.1) is 5.69 Å². The molecule has 0 aliphatic heterocycles. The summed E-state index contributed by atoms with van der Waals surface area (Å²) in [4.78, 5) is 12.1. The zero-order chi connectivity index (χ0) is 14.9. The van der Waals surface area contributed by atoms with Crippen molar-refractivity contribution < 1.29 is 13.6 Å². The van der Waals surface area contributed by atoms with Gasteiger partial charge in [-0.2, -0.15) is 0 Å². The van der Waals surface area contributed by atoms with E-state index in [9.17, 15) is 13.6 Å². The zero-order valence-electron chi connectivity index (χ0n) is 11.7. The van der Waals surface area contributed by atoms with Gasteiger partial charge < -0.3 is 11.1 Å². The van der Waals surface area contributed by atoms with E-state index >= 15 is 0 Å². The highest BCUT2D eigenvalue weighted by molar-refractivity contribution is 5.95. The van der Waals surface area contributed by atoms with Gasteiger partial charge >= 0.3 is 0 Å². The van der Waals surface area contributed by atoms with Crippen molar-refractivity contribution in [2.24, 2.45) is 11.8 Å². The minimum Gasteiger partial charge on any atom is -0.396 e. The van der Waals surface area contributed by atoms with Crippen LogP contribution in [-0.2, 0) is 0 Å². The fourth-order valence-electron chi connectivity index (χ4n) is 3.10. The van der Waals surface area contributed by atoms with Crippen LogP contribution >= 0.6 is 0 Å². The van der Waals surface area contributed by atoms with Crippen molar-refractivity contribution in [1.29, 1.82) is 0 Å². The first-order chi connectivity index (χ1) is 9.38. The Kier molecular flexibility index (Phi) is 4.26. The molecule has 20 heavy (non-hydrogen) atoms. The summed E-state index contributed by atoms with van der Waals surface area (Å²) in [5.74, 6) is -1.59. The average molecular weight is 282 g/mol. The Hall–Kier alpha value is -1.65. The Morgan fingerprint density at radius 3 is 2.40 bits per heavy atom. The molecule has 1 aliphatic rings. The summed E-state index contributed by atoms with van der Waals surface area (Å²) in [7, 11) is 0. The van der Waals surface area contributed by atoms with Gasteiger partial charge in [0.2, 0.25) is 0 Å². The lowest BCUT2D eigenvalue weighted by atomic mass is 9.80. The van der Waals surface area contributed by atoms with Crippen LogP contribution in [0.1, 0.15) is 43.5 Å². The lowest BCUT2D eigenvalue weighted by Crippen LogP contribution is -2.40. The summed E-state index contributed by atoms with van der Waals surface area (Å²) < 4.78 is 27.4. The molecule has 1 saturated carbocycles. The van der Waals surface area contributed by atoms with E-state index in [0.717, 1.165) is 31.4 Å². The summed E-state index contributed by atoms with van der Waals surface area (Å²) in [6.07, 6.45) is 2.79. The molecule has 1 aromatic carbocycles. The van der Waals surface area contributed by atoms with E-state index in [2.05, 4.69) is 19.2 Å². The number of rotatable bonds is 2. The first-order valence-corrected chi connectivity index (χ1v) is 6.92. The van der Waals surface area contributed by atoms with Gasteiger partial charge in [-0.25, -0.2) is 8.78 Å². The smallest absolute Gasteiger partial charge is 0.257 e. The van der Waals surface area contributed by atoms with Gasteiger partial charge in [0.25, 0.3) is 5.91 Å². The molecule has 0 radical (unpaired) electrons. The molecule has 2 atom stereocenters. The predicted molar refractivity (Wildman–Crippen MR) is 74.2 cm³/mol. The number of amides is 1. The van der Waals surface area contributed by atoms with Crippen molar-refractivity contribution in [3.8, 4) is 0 Å². The molecule has 3 nitrogen and oxygen atoms in total. The van der Waals surface area contributed by atoms with Crippen LogP contribution in [0.25, 0.3) is 0 Å². The molecule has 0 saturated heterocycles. The highest BCUT2D eigenvalue weighted by Crippen LogP contribution is 2.29. The Balaban J connectivity index is 2.14.